The molecule has 0 aliphatic rings. The molecule has 0 bridgehead atoms. The number of benzene rings is 1. The second-order valence-corrected chi connectivity index (χ2v) is 7.07. The number of thiophene rings is 1. The van der Waals surface area contributed by atoms with Gasteiger partial charge in [-0.3, -0.25) is 9.78 Å². The van der Waals surface area contributed by atoms with Crippen molar-refractivity contribution in [3.63, 3.8) is 0 Å². The van der Waals surface area contributed by atoms with Crippen LogP contribution >= 0.6 is 11.3 Å². The Bertz CT molecular complexity index is 967. The molecule has 0 atom stereocenters. The molecule has 3 aromatic rings. The number of para-hydroxylation sites is 1. The summed E-state index contributed by atoms with van der Waals surface area (Å²) in [5.41, 5.74) is 2.26. The number of aryl methyl sites for hydroxylation is 2. The van der Waals surface area contributed by atoms with E-state index in [1.54, 1.807) is 23.6 Å². The van der Waals surface area contributed by atoms with Crippen LogP contribution in [0.15, 0.2) is 48.7 Å². The quantitative estimate of drug-likeness (QED) is 0.389. The third-order valence-electron chi connectivity index (χ3n) is 3.75. The van der Waals surface area contributed by atoms with Gasteiger partial charge in [0.25, 0.3) is 0 Å². The van der Waals surface area contributed by atoms with Crippen molar-refractivity contribution in [1.29, 1.82) is 0 Å². The molecule has 0 saturated heterocycles. The first-order valence-corrected chi connectivity index (χ1v) is 8.65. The van der Waals surface area contributed by atoms with Gasteiger partial charge >= 0.3 is 5.97 Å². The number of esters is 1. The van der Waals surface area contributed by atoms with E-state index >= 15 is 0 Å². The van der Waals surface area contributed by atoms with E-state index in [4.69, 9.17) is 4.74 Å². The Kier molecular flexibility index (Phi) is 5.05. The topological polar surface area (TPSA) is 56.3 Å². The van der Waals surface area contributed by atoms with Gasteiger partial charge < -0.3 is 4.74 Å². The van der Waals surface area contributed by atoms with Crippen molar-refractivity contribution in [3.8, 4) is 0 Å². The van der Waals surface area contributed by atoms with E-state index in [0.717, 1.165) is 26.2 Å². The van der Waals surface area contributed by atoms with E-state index in [1.165, 1.54) is 6.08 Å². The van der Waals surface area contributed by atoms with Crippen molar-refractivity contribution in [3.05, 3.63) is 69.6 Å². The maximum absolute atomic E-state index is 12.1. The maximum atomic E-state index is 12.1. The molecule has 0 radical (unpaired) electrons. The summed E-state index contributed by atoms with van der Waals surface area (Å²) in [6.07, 6.45) is 4.69. The molecule has 0 aliphatic carbocycles. The first-order valence-electron chi connectivity index (χ1n) is 7.83. The lowest BCUT2D eigenvalue weighted by Gasteiger charge is -2.02. The van der Waals surface area contributed by atoms with E-state index in [9.17, 15) is 9.59 Å². The highest BCUT2D eigenvalue weighted by atomic mass is 32.1. The highest BCUT2D eigenvalue weighted by molar-refractivity contribution is 7.12. The predicted molar refractivity (Wildman–Crippen MR) is 99.9 cm³/mol. The molecule has 5 heteroatoms. The molecular formula is C20H17NO3S. The summed E-state index contributed by atoms with van der Waals surface area (Å²) < 4.78 is 5.07. The zero-order chi connectivity index (χ0) is 17.8. The van der Waals surface area contributed by atoms with Crippen LogP contribution in [-0.4, -0.2) is 23.3 Å². The van der Waals surface area contributed by atoms with Crippen LogP contribution in [0.25, 0.3) is 17.0 Å². The number of rotatable bonds is 5. The third-order valence-corrected chi connectivity index (χ3v) is 4.72. The smallest absolute Gasteiger partial charge is 0.331 e. The molecule has 0 aliphatic heterocycles. The van der Waals surface area contributed by atoms with Crippen LogP contribution in [0.2, 0.25) is 0 Å². The standard InChI is InChI=1S/C20H17NO3S/c1-13-11-17(14(2)25-13)18(22)12-24-19(23)9-8-16-6-3-5-15-7-4-10-21-20(15)16/h3-11H,12H2,1-2H3/b9-8+. The van der Waals surface area contributed by atoms with Crippen LogP contribution in [0.4, 0.5) is 0 Å². The van der Waals surface area contributed by atoms with Crippen molar-refractivity contribution in [2.24, 2.45) is 0 Å². The molecule has 2 heterocycles. The number of carbonyl (C=O) groups excluding carboxylic acids is 2. The van der Waals surface area contributed by atoms with Gasteiger partial charge in [0.15, 0.2) is 6.61 Å². The van der Waals surface area contributed by atoms with Gasteiger partial charge in [0.1, 0.15) is 0 Å². The minimum absolute atomic E-state index is 0.185. The van der Waals surface area contributed by atoms with Gasteiger partial charge in [-0.05, 0) is 32.1 Å². The number of hydrogen-bond acceptors (Lipinski definition) is 5. The van der Waals surface area contributed by atoms with Crippen molar-refractivity contribution < 1.29 is 14.3 Å². The highest BCUT2D eigenvalue weighted by Crippen LogP contribution is 2.21. The molecule has 0 saturated carbocycles. The van der Waals surface area contributed by atoms with E-state index in [-0.39, 0.29) is 12.4 Å². The lowest BCUT2D eigenvalue weighted by atomic mass is 10.1. The van der Waals surface area contributed by atoms with Gasteiger partial charge in [-0.25, -0.2) is 4.79 Å². The Morgan fingerprint density at radius 3 is 2.76 bits per heavy atom. The van der Waals surface area contributed by atoms with E-state index in [0.29, 0.717) is 5.56 Å². The van der Waals surface area contributed by atoms with Crippen LogP contribution in [0, 0.1) is 13.8 Å². The Morgan fingerprint density at radius 2 is 2.00 bits per heavy atom. The summed E-state index contributed by atoms with van der Waals surface area (Å²) in [7, 11) is 0. The molecule has 0 N–H and O–H groups in total. The number of pyridine rings is 1. The minimum atomic E-state index is -0.550. The average Bonchev–Trinajstić information content (AvgIpc) is 2.96. The summed E-state index contributed by atoms with van der Waals surface area (Å²) in [6.45, 7) is 3.58. The first-order chi connectivity index (χ1) is 12.0. The number of hydrogen-bond donors (Lipinski definition) is 0. The fourth-order valence-corrected chi connectivity index (χ4v) is 3.53. The molecule has 0 amide bonds. The number of fused-ring (bicyclic) bond motifs is 1. The van der Waals surface area contributed by atoms with Gasteiger partial charge in [0.05, 0.1) is 5.52 Å². The third kappa shape index (κ3) is 4.00. The van der Waals surface area contributed by atoms with Gasteiger partial charge in [-0.15, -0.1) is 11.3 Å². The first kappa shape index (κ1) is 17.0. The summed E-state index contributed by atoms with van der Waals surface area (Å²) in [4.78, 5) is 30.4. The molecule has 126 valence electrons. The zero-order valence-electron chi connectivity index (χ0n) is 14.0. The Morgan fingerprint density at radius 1 is 1.20 bits per heavy atom. The summed E-state index contributed by atoms with van der Waals surface area (Å²) in [5.74, 6) is -0.735. The molecule has 2 aromatic heterocycles. The van der Waals surface area contributed by atoms with Crippen LogP contribution in [-0.2, 0) is 9.53 Å². The molecule has 1 aromatic carbocycles. The van der Waals surface area contributed by atoms with Crippen molar-refractivity contribution >= 4 is 40.1 Å². The molecule has 0 unspecified atom stereocenters. The number of nitrogens with zero attached hydrogens (tertiary/aromatic N) is 1. The van der Waals surface area contributed by atoms with Gasteiger partial charge in [-0.1, -0.05) is 24.3 Å². The zero-order valence-corrected chi connectivity index (χ0v) is 14.8. The molecule has 0 spiro atoms. The van der Waals surface area contributed by atoms with Crippen LogP contribution < -0.4 is 0 Å². The summed E-state index contributed by atoms with van der Waals surface area (Å²) >= 11 is 1.56. The Hall–Kier alpha value is -2.79. The molecule has 3 rings (SSSR count). The minimum Gasteiger partial charge on any atom is -0.454 e. The van der Waals surface area contributed by atoms with Gasteiger partial charge in [-0.2, -0.15) is 0 Å². The van der Waals surface area contributed by atoms with Crippen LogP contribution in [0.5, 0.6) is 0 Å². The van der Waals surface area contributed by atoms with E-state index in [1.807, 2.05) is 50.2 Å². The summed E-state index contributed by atoms with van der Waals surface area (Å²) in [6, 6.07) is 11.4. The Labute approximate surface area is 149 Å². The number of Topliss-reactive ketones (excluding diaryl/α,β-unsaturated/α-hetero) is 1. The van der Waals surface area contributed by atoms with E-state index < -0.39 is 5.97 Å². The summed E-state index contributed by atoms with van der Waals surface area (Å²) in [5, 5.41) is 0.997. The maximum Gasteiger partial charge on any atom is 0.331 e. The molecular weight excluding hydrogens is 334 g/mol. The largest absolute Gasteiger partial charge is 0.454 e. The Balaban J connectivity index is 1.65. The highest BCUT2D eigenvalue weighted by Gasteiger charge is 2.13. The number of carbonyl (C=O) groups is 2. The van der Waals surface area contributed by atoms with Gasteiger partial charge in [0, 0.05) is 38.5 Å². The SMILES string of the molecule is Cc1cc(C(=O)COC(=O)/C=C/c2cccc3cccnc23)c(C)s1. The number of ether oxygens (including phenoxy) is 1. The van der Waals surface area contributed by atoms with Gasteiger partial charge in [0.2, 0.25) is 5.78 Å². The normalized spacial score (nSPS) is 11.1. The monoisotopic (exact) mass is 351 g/mol. The second kappa shape index (κ2) is 7.40. The van der Waals surface area contributed by atoms with Crippen LogP contribution in [0.1, 0.15) is 25.7 Å². The van der Waals surface area contributed by atoms with E-state index in [2.05, 4.69) is 4.98 Å². The lowest BCUT2D eigenvalue weighted by molar-refractivity contribution is -0.136. The van der Waals surface area contributed by atoms with Crippen molar-refractivity contribution in [2.75, 3.05) is 6.61 Å². The van der Waals surface area contributed by atoms with Crippen molar-refractivity contribution in [2.45, 2.75) is 13.8 Å². The van der Waals surface area contributed by atoms with Crippen LogP contribution in [0.3, 0.4) is 0 Å². The number of aromatic nitrogens is 1. The predicted octanol–water partition coefficient (Wildman–Crippen LogP) is 4.35. The fraction of sp³-hybridized carbons (Fsp3) is 0.150. The number of ketones is 1. The second-order valence-electron chi connectivity index (χ2n) is 5.61. The molecule has 0 fully saturated rings. The molecule has 25 heavy (non-hydrogen) atoms. The van der Waals surface area contributed by atoms with Crippen molar-refractivity contribution in [1.82, 2.24) is 4.98 Å². The molecule has 4 nitrogen and oxygen atoms in total. The average molecular weight is 351 g/mol. The fourth-order valence-electron chi connectivity index (χ4n) is 2.59. The lowest BCUT2D eigenvalue weighted by Crippen LogP contribution is -2.12.